The Balaban J connectivity index is 1.69. The number of carbonyl (C=O) groups is 2. The van der Waals surface area contributed by atoms with Crippen LogP contribution in [0.3, 0.4) is 0 Å². The molecule has 1 saturated heterocycles. The summed E-state index contributed by atoms with van der Waals surface area (Å²) in [6.45, 7) is 6.48. The van der Waals surface area contributed by atoms with Gasteiger partial charge in [0.15, 0.2) is 5.12 Å². The van der Waals surface area contributed by atoms with E-state index in [1.54, 1.807) is 0 Å². The van der Waals surface area contributed by atoms with Crippen molar-refractivity contribution in [3.05, 3.63) is 24.3 Å². The fraction of sp³-hybridized carbons (Fsp3) is 0.692. The second kappa shape index (κ2) is 11.5. The van der Waals surface area contributed by atoms with Gasteiger partial charge in [-0.1, -0.05) is 51.7 Å². The van der Waals surface area contributed by atoms with Crippen LogP contribution in [0.4, 0.5) is 5.69 Å². The molecule has 1 heterocycles. The first kappa shape index (κ1) is 24.3. The van der Waals surface area contributed by atoms with E-state index in [1.165, 1.54) is 18.2 Å². The first-order chi connectivity index (χ1) is 14.9. The Morgan fingerprint density at radius 1 is 1.16 bits per heavy atom. The number of benzene rings is 1. The number of rotatable bonds is 8. The number of thioether (sulfide) groups is 1. The van der Waals surface area contributed by atoms with Crippen molar-refractivity contribution in [1.29, 1.82) is 0 Å². The molecule has 5 heteroatoms. The highest BCUT2D eigenvalue weighted by atomic mass is 32.2. The standard InChI is InChI=1S/C26H40N2O2S/c1-4-20(2)12-17-26(15-8-5-9-16-26)25(30)27-22-10-6-7-11-23(22)31-24(29)21-13-18-28(3)19-14-21/h6-7,10-11,20-21H,4-5,8-9,12-19H2,1-3H3,(H,27,30). The minimum Gasteiger partial charge on any atom is -0.325 e. The highest BCUT2D eigenvalue weighted by Gasteiger charge is 2.39. The largest absolute Gasteiger partial charge is 0.325 e. The van der Waals surface area contributed by atoms with Gasteiger partial charge in [-0.25, -0.2) is 0 Å². The minimum atomic E-state index is -0.253. The van der Waals surface area contributed by atoms with Crippen LogP contribution in [-0.2, 0) is 9.59 Å². The average Bonchev–Trinajstić information content (AvgIpc) is 2.79. The molecule has 1 aliphatic heterocycles. The van der Waals surface area contributed by atoms with Crippen molar-refractivity contribution in [2.24, 2.45) is 17.3 Å². The lowest BCUT2D eigenvalue weighted by molar-refractivity contribution is -0.128. The molecule has 1 unspecified atom stereocenters. The van der Waals surface area contributed by atoms with Crippen molar-refractivity contribution in [1.82, 2.24) is 4.90 Å². The Labute approximate surface area is 192 Å². The quantitative estimate of drug-likeness (QED) is 0.474. The predicted octanol–water partition coefficient (Wildman–Crippen LogP) is 6.36. The lowest BCUT2D eigenvalue weighted by Gasteiger charge is -2.37. The molecule has 1 aromatic rings. The van der Waals surface area contributed by atoms with Crippen LogP contribution in [0.1, 0.15) is 78.1 Å². The summed E-state index contributed by atoms with van der Waals surface area (Å²) in [7, 11) is 2.11. The summed E-state index contributed by atoms with van der Waals surface area (Å²) in [5, 5.41) is 3.49. The van der Waals surface area contributed by atoms with Crippen LogP contribution < -0.4 is 5.32 Å². The third kappa shape index (κ3) is 6.58. The summed E-state index contributed by atoms with van der Waals surface area (Å²) in [6.07, 6.45) is 10.6. The van der Waals surface area contributed by atoms with Crippen molar-refractivity contribution in [2.75, 3.05) is 25.5 Å². The third-order valence-corrected chi connectivity index (χ3v) is 8.61. The number of nitrogens with one attached hydrogen (secondary N) is 1. The Morgan fingerprint density at radius 3 is 2.52 bits per heavy atom. The van der Waals surface area contributed by atoms with Crippen LogP contribution in [0.2, 0.25) is 0 Å². The molecule has 1 atom stereocenters. The molecular formula is C26H40N2O2S. The van der Waals surface area contributed by atoms with Gasteiger partial charge < -0.3 is 10.2 Å². The third-order valence-electron chi connectivity index (χ3n) is 7.50. The molecule has 3 rings (SSSR count). The second-order valence-electron chi connectivity index (χ2n) is 9.84. The molecule has 1 amide bonds. The number of hydrogen-bond acceptors (Lipinski definition) is 4. The summed E-state index contributed by atoms with van der Waals surface area (Å²) < 4.78 is 0. The normalized spacial score (nSPS) is 20.9. The molecule has 2 fully saturated rings. The maximum Gasteiger partial charge on any atom is 0.230 e. The van der Waals surface area contributed by atoms with Crippen molar-refractivity contribution in [3.63, 3.8) is 0 Å². The van der Waals surface area contributed by atoms with Gasteiger partial charge in [0, 0.05) is 16.2 Å². The molecule has 0 bridgehead atoms. The van der Waals surface area contributed by atoms with Crippen molar-refractivity contribution in [2.45, 2.75) is 83.0 Å². The van der Waals surface area contributed by atoms with Gasteiger partial charge in [0.05, 0.1) is 5.69 Å². The monoisotopic (exact) mass is 444 g/mol. The molecule has 4 nitrogen and oxygen atoms in total. The SMILES string of the molecule is CCC(C)CCC1(C(=O)Nc2ccccc2SC(=O)C2CCN(C)CC2)CCCCC1. The molecule has 2 aliphatic rings. The number of amides is 1. The Morgan fingerprint density at radius 2 is 1.84 bits per heavy atom. The Kier molecular flexibility index (Phi) is 9.03. The summed E-state index contributed by atoms with van der Waals surface area (Å²) in [5.41, 5.74) is 0.546. The van der Waals surface area contributed by atoms with Crippen LogP contribution >= 0.6 is 11.8 Å². The number of piperidine rings is 1. The zero-order chi connectivity index (χ0) is 22.3. The lowest BCUT2D eigenvalue weighted by atomic mass is 9.69. The van der Waals surface area contributed by atoms with Gasteiger partial charge in [0.25, 0.3) is 0 Å². The molecule has 0 aromatic heterocycles. The van der Waals surface area contributed by atoms with Gasteiger partial charge >= 0.3 is 0 Å². The highest BCUT2D eigenvalue weighted by molar-refractivity contribution is 8.13. The lowest BCUT2D eigenvalue weighted by Crippen LogP contribution is -2.38. The van der Waals surface area contributed by atoms with E-state index in [0.717, 1.165) is 81.5 Å². The first-order valence-electron chi connectivity index (χ1n) is 12.2. The van der Waals surface area contributed by atoms with E-state index < -0.39 is 0 Å². The van der Waals surface area contributed by atoms with E-state index in [4.69, 9.17) is 0 Å². The van der Waals surface area contributed by atoms with Gasteiger partial charge in [-0.15, -0.1) is 0 Å². The van der Waals surface area contributed by atoms with Crippen LogP contribution in [-0.4, -0.2) is 36.1 Å². The Hall–Kier alpha value is -1.33. The molecule has 0 spiro atoms. The number of para-hydroxylation sites is 1. The van der Waals surface area contributed by atoms with Crippen molar-refractivity contribution < 1.29 is 9.59 Å². The summed E-state index contributed by atoms with van der Waals surface area (Å²) in [4.78, 5) is 29.6. The van der Waals surface area contributed by atoms with Crippen LogP contribution in [0.5, 0.6) is 0 Å². The summed E-state index contributed by atoms with van der Waals surface area (Å²) in [6, 6.07) is 7.83. The summed E-state index contributed by atoms with van der Waals surface area (Å²) >= 11 is 1.32. The predicted molar refractivity (Wildman–Crippen MR) is 130 cm³/mol. The van der Waals surface area contributed by atoms with Gasteiger partial charge in [-0.2, -0.15) is 0 Å². The van der Waals surface area contributed by atoms with Crippen LogP contribution in [0, 0.1) is 17.3 Å². The van der Waals surface area contributed by atoms with Crippen molar-refractivity contribution in [3.8, 4) is 0 Å². The maximum absolute atomic E-state index is 13.6. The van der Waals surface area contributed by atoms with Gasteiger partial charge in [-0.05, 0) is 88.5 Å². The van der Waals surface area contributed by atoms with E-state index in [2.05, 4.69) is 31.1 Å². The van der Waals surface area contributed by atoms with Gasteiger partial charge in [0.2, 0.25) is 5.91 Å². The molecule has 1 N–H and O–H groups in total. The second-order valence-corrected chi connectivity index (χ2v) is 10.9. The molecular weight excluding hydrogens is 404 g/mol. The molecule has 172 valence electrons. The minimum absolute atomic E-state index is 0.116. The van der Waals surface area contributed by atoms with Gasteiger partial charge in [0.1, 0.15) is 0 Å². The number of anilines is 1. The number of likely N-dealkylation sites (tertiary alicyclic amines) is 1. The van der Waals surface area contributed by atoms with E-state index in [0.29, 0.717) is 5.92 Å². The molecule has 1 aliphatic carbocycles. The van der Waals surface area contributed by atoms with Crippen LogP contribution in [0.15, 0.2) is 29.2 Å². The number of hydrogen-bond donors (Lipinski definition) is 1. The fourth-order valence-corrected chi connectivity index (χ4v) is 5.89. The molecule has 0 radical (unpaired) electrons. The van der Waals surface area contributed by atoms with Crippen LogP contribution in [0.25, 0.3) is 0 Å². The molecule has 1 aromatic carbocycles. The average molecular weight is 445 g/mol. The van der Waals surface area contributed by atoms with E-state index in [9.17, 15) is 9.59 Å². The van der Waals surface area contributed by atoms with E-state index in [-0.39, 0.29) is 22.4 Å². The molecule has 1 saturated carbocycles. The van der Waals surface area contributed by atoms with E-state index in [1.807, 2.05) is 24.3 Å². The fourth-order valence-electron chi connectivity index (χ4n) is 4.90. The van der Waals surface area contributed by atoms with Gasteiger partial charge in [-0.3, -0.25) is 9.59 Å². The smallest absolute Gasteiger partial charge is 0.230 e. The first-order valence-corrected chi connectivity index (χ1v) is 13.1. The summed E-state index contributed by atoms with van der Waals surface area (Å²) in [5.74, 6) is 0.932. The Bertz CT molecular complexity index is 737. The zero-order valence-electron chi connectivity index (χ0n) is 19.6. The number of carbonyl (C=O) groups excluding carboxylic acids is 2. The topological polar surface area (TPSA) is 49.4 Å². The molecule has 31 heavy (non-hydrogen) atoms. The maximum atomic E-state index is 13.6. The van der Waals surface area contributed by atoms with E-state index >= 15 is 0 Å². The zero-order valence-corrected chi connectivity index (χ0v) is 20.4. The van der Waals surface area contributed by atoms with Crippen molar-refractivity contribution >= 4 is 28.5 Å². The highest BCUT2D eigenvalue weighted by Crippen LogP contribution is 2.43. The number of nitrogens with zero attached hydrogens (tertiary/aromatic N) is 1.